The molecule has 1 aromatic heterocycles. The molecule has 1 aromatic carbocycles. The number of aromatic nitrogens is 1. The summed E-state index contributed by atoms with van der Waals surface area (Å²) in [6.07, 6.45) is 7.45. The van der Waals surface area contributed by atoms with Gasteiger partial charge in [0.1, 0.15) is 17.3 Å². The Bertz CT molecular complexity index is 735. The third kappa shape index (κ3) is 3.85. The molecule has 4 heteroatoms. The Balaban J connectivity index is 1.53. The third-order valence-corrected chi connectivity index (χ3v) is 5.92. The first kappa shape index (κ1) is 17.7. The molecule has 26 heavy (non-hydrogen) atoms. The lowest BCUT2D eigenvalue weighted by atomic mass is 9.79. The first-order valence-corrected chi connectivity index (χ1v) is 10.00. The molecule has 0 amide bonds. The zero-order chi connectivity index (χ0) is 18.1. The largest absolute Gasteiger partial charge is 0.373 e. The van der Waals surface area contributed by atoms with Crippen molar-refractivity contribution in [2.45, 2.75) is 71.0 Å². The van der Waals surface area contributed by atoms with Crippen LogP contribution in [0.2, 0.25) is 0 Å². The second kappa shape index (κ2) is 7.51. The van der Waals surface area contributed by atoms with Gasteiger partial charge < -0.3 is 9.26 Å². The van der Waals surface area contributed by atoms with Crippen molar-refractivity contribution in [1.29, 1.82) is 0 Å². The van der Waals surface area contributed by atoms with Crippen LogP contribution in [-0.2, 0) is 11.3 Å². The Morgan fingerprint density at radius 3 is 2.62 bits per heavy atom. The average molecular weight is 357 g/mol. The number of rotatable bonds is 6. The summed E-state index contributed by atoms with van der Waals surface area (Å²) in [4.78, 5) is 0. The topological polar surface area (TPSA) is 35.3 Å². The van der Waals surface area contributed by atoms with E-state index in [1.165, 1.54) is 25.0 Å². The van der Waals surface area contributed by atoms with E-state index >= 15 is 0 Å². The van der Waals surface area contributed by atoms with Crippen LogP contribution in [0.15, 0.2) is 28.8 Å². The smallest absolute Gasteiger partial charge is 0.145 e. The van der Waals surface area contributed by atoms with Crippen LogP contribution < -0.4 is 0 Å². The molecule has 140 valence electrons. The van der Waals surface area contributed by atoms with Crippen LogP contribution in [-0.4, -0.2) is 11.3 Å². The van der Waals surface area contributed by atoms with Gasteiger partial charge in [0.2, 0.25) is 0 Å². The van der Waals surface area contributed by atoms with E-state index in [4.69, 9.17) is 9.26 Å². The minimum atomic E-state index is -0.237. The molecule has 2 aromatic rings. The molecule has 3 atom stereocenters. The predicted molar refractivity (Wildman–Crippen MR) is 99.2 cm³/mol. The summed E-state index contributed by atoms with van der Waals surface area (Å²) in [5.41, 5.74) is 2.76. The lowest BCUT2D eigenvalue weighted by Crippen LogP contribution is -2.27. The molecular weight excluding hydrogens is 329 g/mol. The predicted octanol–water partition coefficient (Wildman–Crippen LogP) is 6.09. The normalized spacial score (nSPS) is 26.2. The van der Waals surface area contributed by atoms with E-state index in [0.29, 0.717) is 18.6 Å². The Hall–Kier alpha value is -1.68. The van der Waals surface area contributed by atoms with Crippen molar-refractivity contribution < 1.29 is 13.7 Å². The summed E-state index contributed by atoms with van der Waals surface area (Å²) in [7, 11) is 0. The zero-order valence-electron chi connectivity index (χ0n) is 15.7. The van der Waals surface area contributed by atoms with Crippen LogP contribution in [0, 0.1) is 17.7 Å². The van der Waals surface area contributed by atoms with Crippen molar-refractivity contribution in [2.24, 2.45) is 11.8 Å². The molecule has 3 nitrogen and oxygen atoms in total. The first-order chi connectivity index (χ1) is 12.6. The van der Waals surface area contributed by atoms with Crippen LogP contribution in [0.25, 0.3) is 11.3 Å². The molecular formula is C22H28FNO2. The van der Waals surface area contributed by atoms with E-state index in [9.17, 15) is 4.39 Å². The highest BCUT2D eigenvalue weighted by Gasteiger charge is 2.33. The second-order valence-electron chi connectivity index (χ2n) is 8.17. The molecule has 0 saturated heterocycles. The summed E-state index contributed by atoms with van der Waals surface area (Å²) in [5.74, 6) is 2.70. The van der Waals surface area contributed by atoms with Gasteiger partial charge in [0.05, 0.1) is 12.7 Å². The first-order valence-electron chi connectivity index (χ1n) is 10.00. The Morgan fingerprint density at radius 1 is 1.15 bits per heavy atom. The number of nitrogens with zero attached hydrogens (tertiary/aromatic N) is 1. The summed E-state index contributed by atoms with van der Waals surface area (Å²) < 4.78 is 25.3. The Kier molecular flexibility index (Phi) is 5.12. The molecule has 2 saturated carbocycles. The summed E-state index contributed by atoms with van der Waals surface area (Å²) in [6.45, 7) is 5.14. The van der Waals surface area contributed by atoms with Gasteiger partial charge in [0.25, 0.3) is 0 Å². The van der Waals surface area contributed by atoms with Crippen LogP contribution in [0.3, 0.4) is 0 Å². The molecule has 2 fully saturated rings. The average Bonchev–Trinajstić information content (AvgIpc) is 3.40. The van der Waals surface area contributed by atoms with Gasteiger partial charge in [-0.05, 0) is 68.2 Å². The number of hydrogen-bond donors (Lipinski definition) is 0. The van der Waals surface area contributed by atoms with Crippen molar-refractivity contribution in [3.05, 3.63) is 41.4 Å². The third-order valence-electron chi connectivity index (χ3n) is 5.92. The van der Waals surface area contributed by atoms with Crippen molar-refractivity contribution in [2.75, 3.05) is 0 Å². The van der Waals surface area contributed by atoms with Crippen molar-refractivity contribution in [3.8, 4) is 11.3 Å². The Labute approximate surface area is 154 Å². The van der Waals surface area contributed by atoms with E-state index in [1.807, 2.05) is 0 Å². The van der Waals surface area contributed by atoms with E-state index < -0.39 is 0 Å². The van der Waals surface area contributed by atoms with Crippen LogP contribution in [0.4, 0.5) is 4.39 Å². The standard InChI is InChI=1S/C22H28FNO2/c1-3-15-10-14(2)11-19(12-15)25-13-20-21(16-6-8-18(23)9-7-16)24-26-22(20)17-4-5-17/h6-9,14-15,17,19H,3-5,10-13H2,1-2H3/t14?,15-,19-/m1/s1. The van der Waals surface area contributed by atoms with E-state index in [0.717, 1.165) is 60.1 Å². The van der Waals surface area contributed by atoms with Gasteiger partial charge in [0.15, 0.2) is 0 Å². The molecule has 2 aliphatic carbocycles. The molecule has 0 bridgehead atoms. The number of ether oxygens (including phenoxy) is 1. The SMILES string of the molecule is CC[C@@H]1CC(C)C[C@@H](OCc2c(-c3ccc(F)cc3)noc2C2CC2)C1. The quantitative estimate of drug-likeness (QED) is 0.627. The van der Waals surface area contributed by atoms with Gasteiger partial charge in [-0.25, -0.2) is 4.39 Å². The highest BCUT2D eigenvalue weighted by Crippen LogP contribution is 2.44. The van der Waals surface area contributed by atoms with E-state index in [-0.39, 0.29) is 5.82 Å². The maximum absolute atomic E-state index is 13.3. The summed E-state index contributed by atoms with van der Waals surface area (Å²) in [6, 6.07) is 6.48. The molecule has 0 aliphatic heterocycles. The molecule has 4 rings (SSSR count). The molecule has 2 aliphatic rings. The maximum Gasteiger partial charge on any atom is 0.145 e. The summed E-state index contributed by atoms with van der Waals surface area (Å²) >= 11 is 0. The Morgan fingerprint density at radius 2 is 1.92 bits per heavy atom. The molecule has 0 N–H and O–H groups in total. The lowest BCUT2D eigenvalue weighted by Gasteiger charge is -2.32. The highest BCUT2D eigenvalue weighted by atomic mass is 19.1. The number of hydrogen-bond acceptors (Lipinski definition) is 3. The zero-order valence-corrected chi connectivity index (χ0v) is 15.7. The summed E-state index contributed by atoms with van der Waals surface area (Å²) in [5, 5.41) is 4.31. The van der Waals surface area contributed by atoms with E-state index in [1.54, 1.807) is 12.1 Å². The highest BCUT2D eigenvalue weighted by molar-refractivity contribution is 5.63. The minimum Gasteiger partial charge on any atom is -0.373 e. The molecule has 0 radical (unpaired) electrons. The van der Waals surface area contributed by atoms with Crippen molar-refractivity contribution in [3.63, 3.8) is 0 Å². The van der Waals surface area contributed by atoms with Crippen LogP contribution in [0.1, 0.15) is 69.6 Å². The fraction of sp³-hybridized carbons (Fsp3) is 0.591. The maximum atomic E-state index is 13.3. The van der Waals surface area contributed by atoms with Gasteiger partial charge in [-0.1, -0.05) is 25.4 Å². The fourth-order valence-corrected chi connectivity index (χ4v) is 4.31. The van der Waals surface area contributed by atoms with Gasteiger partial charge in [0, 0.05) is 17.0 Å². The second-order valence-corrected chi connectivity index (χ2v) is 8.17. The van der Waals surface area contributed by atoms with Gasteiger partial charge in [-0.2, -0.15) is 0 Å². The van der Waals surface area contributed by atoms with E-state index in [2.05, 4.69) is 19.0 Å². The molecule has 1 heterocycles. The molecule has 0 spiro atoms. The monoisotopic (exact) mass is 357 g/mol. The van der Waals surface area contributed by atoms with Gasteiger partial charge >= 0.3 is 0 Å². The lowest BCUT2D eigenvalue weighted by molar-refractivity contribution is -0.0127. The molecule has 1 unspecified atom stereocenters. The number of benzene rings is 1. The van der Waals surface area contributed by atoms with Crippen LogP contribution >= 0.6 is 0 Å². The van der Waals surface area contributed by atoms with Gasteiger partial charge in [-0.15, -0.1) is 0 Å². The fourth-order valence-electron chi connectivity index (χ4n) is 4.31. The van der Waals surface area contributed by atoms with Gasteiger partial charge in [-0.3, -0.25) is 0 Å². The minimum absolute atomic E-state index is 0.237. The van der Waals surface area contributed by atoms with Crippen molar-refractivity contribution >= 4 is 0 Å². The number of halogens is 1. The van der Waals surface area contributed by atoms with Crippen molar-refractivity contribution in [1.82, 2.24) is 5.16 Å². The van der Waals surface area contributed by atoms with Crippen LogP contribution in [0.5, 0.6) is 0 Å².